The van der Waals surface area contributed by atoms with E-state index in [1.807, 2.05) is 18.2 Å². The van der Waals surface area contributed by atoms with E-state index >= 15 is 0 Å². The molecule has 0 radical (unpaired) electrons. The first-order chi connectivity index (χ1) is 9.52. The zero-order valence-corrected chi connectivity index (χ0v) is 12.0. The van der Waals surface area contributed by atoms with Gasteiger partial charge in [0.25, 0.3) is 0 Å². The lowest BCUT2D eigenvalue weighted by Gasteiger charge is -2.28. The first-order valence-corrected chi connectivity index (χ1v) is 6.94. The van der Waals surface area contributed by atoms with Crippen LogP contribution in [-0.4, -0.2) is 41.7 Å². The third-order valence-corrected chi connectivity index (χ3v) is 3.97. The van der Waals surface area contributed by atoms with Gasteiger partial charge < -0.3 is 15.6 Å². The monoisotopic (exact) mass is 278 g/mol. The summed E-state index contributed by atoms with van der Waals surface area (Å²) in [6, 6.07) is 5.58. The van der Waals surface area contributed by atoms with Crippen LogP contribution in [0.15, 0.2) is 18.2 Å². The summed E-state index contributed by atoms with van der Waals surface area (Å²) in [5, 5.41) is 9.23. The van der Waals surface area contributed by atoms with Crippen LogP contribution < -0.4 is 10.5 Å². The van der Waals surface area contributed by atoms with Gasteiger partial charge in [-0.25, -0.2) is 0 Å². The quantitative estimate of drug-likeness (QED) is 0.803. The van der Waals surface area contributed by atoms with Gasteiger partial charge in [0, 0.05) is 6.04 Å². The molecule has 0 aliphatic carbocycles. The Labute approximate surface area is 119 Å². The summed E-state index contributed by atoms with van der Waals surface area (Å²) in [7, 11) is 1.59. The molecule has 5 nitrogen and oxygen atoms in total. The lowest BCUT2D eigenvalue weighted by molar-refractivity contribution is -0.142. The average Bonchev–Trinajstić information content (AvgIpc) is 2.88. The molecule has 1 aromatic rings. The van der Waals surface area contributed by atoms with Gasteiger partial charge >= 0.3 is 5.97 Å². The normalized spacial score (nSPS) is 20.8. The van der Waals surface area contributed by atoms with E-state index < -0.39 is 5.97 Å². The van der Waals surface area contributed by atoms with E-state index in [1.54, 1.807) is 7.11 Å². The van der Waals surface area contributed by atoms with E-state index in [1.165, 1.54) is 0 Å². The molecule has 2 unspecified atom stereocenters. The molecular weight excluding hydrogens is 256 g/mol. The Morgan fingerprint density at radius 1 is 1.60 bits per heavy atom. The number of carbonyl (C=O) groups is 1. The molecule has 2 atom stereocenters. The standard InChI is InChI=1S/C15H22N2O3/c1-10(17-7-3-4-13(17)15(18)19)8-11-5-6-14(20-2)12(16)9-11/h5-6,9-10,13H,3-4,7-8,16H2,1-2H3,(H,18,19). The molecule has 1 aliphatic heterocycles. The summed E-state index contributed by atoms with van der Waals surface area (Å²) >= 11 is 0. The Hall–Kier alpha value is -1.75. The Morgan fingerprint density at radius 3 is 2.95 bits per heavy atom. The summed E-state index contributed by atoms with van der Waals surface area (Å²) in [5.74, 6) is -0.0467. The van der Waals surface area contributed by atoms with Crippen LogP contribution in [0.5, 0.6) is 5.75 Å². The van der Waals surface area contributed by atoms with E-state index in [-0.39, 0.29) is 12.1 Å². The van der Waals surface area contributed by atoms with E-state index in [0.29, 0.717) is 11.4 Å². The minimum absolute atomic E-state index is 0.186. The minimum atomic E-state index is -0.719. The largest absolute Gasteiger partial charge is 0.495 e. The molecule has 0 aromatic heterocycles. The fraction of sp³-hybridized carbons (Fsp3) is 0.533. The molecule has 1 fully saturated rings. The van der Waals surface area contributed by atoms with Gasteiger partial charge in [-0.1, -0.05) is 6.07 Å². The van der Waals surface area contributed by atoms with Crippen LogP contribution in [0.2, 0.25) is 0 Å². The van der Waals surface area contributed by atoms with Crippen molar-refractivity contribution in [2.24, 2.45) is 0 Å². The number of nitrogens with zero attached hydrogens (tertiary/aromatic N) is 1. The molecule has 3 N–H and O–H groups in total. The number of nitrogens with two attached hydrogens (primary N) is 1. The number of carboxylic acids is 1. The zero-order chi connectivity index (χ0) is 14.7. The van der Waals surface area contributed by atoms with Crippen LogP contribution >= 0.6 is 0 Å². The summed E-state index contributed by atoms with van der Waals surface area (Å²) in [5.41, 5.74) is 7.63. The van der Waals surface area contributed by atoms with Gasteiger partial charge in [0.05, 0.1) is 12.8 Å². The van der Waals surface area contributed by atoms with Crippen molar-refractivity contribution in [1.29, 1.82) is 0 Å². The second-order valence-electron chi connectivity index (χ2n) is 5.36. The van der Waals surface area contributed by atoms with Crippen molar-refractivity contribution >= 4 is 11.7 Å². The Bertz CT molecular complexity index is 490. The van der Waals surface area contributed by atoms with Crippen molar-refractivity contribution in [2.45, 2.75) is 38.3 Å². The molecule has 20 heavy (non-hydrogen) atoms. The van der Waals surface area contributed by atoms with Gasteiger partial charge in [0.1, 0.15) is 11.8 Å². The van der Waals surface area contributed by atoms with Crippen molar-refractivity contribution in [3.8, 4) is 5.75 Å². The van der Waals surface area contributed by atoms with E-state index in [2.05, 4.69) is 11.8 Å². The number of rotatable bonds is 5. The molecular formula is C15H22N2O3. The van der Waals surface area contributed by atoms with E-state index in [4.69, 9.17) is 10.5 Å². The highest BCUT2D eigenvalue weighted by Crippen LogP contribution is 2.25. The summed E-state index contributed by atoms with van der Waals surface area (Å²) in [6.07, 6.45) is 2.48. The average molecular weight is 278 g/mol. The molecule has 110 valence electrons. The van der Waals surface area contributed by atoms with Crippen molar-refractivity contribution < 1.29 is 14.6 Å². The number of anilines is 1. The number of hydrogen-bond donors (Lipinski definition) is 2. The van der Waals surface area contributed by atoms with Gasteiger partial charge in [-0.2, -0.15) is 0 Å². The van der Waals surface area contributed by atoms with Crippen LogP contribution in [0.25, 0.3) is 0 Å². The number of hydrogen-bond acceptors (Lipinski definition) is 4. The molecule has 0 saturated carbocycles. The van der Waals surface area contributed by atoms with Crippen LogP contribution in [0.3, 0.4) is 0 Å². The van der Waals surface area contributed by atoms with Crippen molar-refractivity contribution in [3.05, 3.63) is 23.8 Å². The molecule has 2 rings (SSSR count). The highest BCUT2D eigenvalue weighted by Gasteiger charge is 2.33. The second-order valence-corrected chi connectivity index (χ2v) is 5.36. The first kappa shape index (κ1) is 14.7. The van der Waals surface area contributed by atoms with Gasteiger partial charge in [-0.3, -0.25) is 9.69 Å². The Kier molecular flexibility index (Phi) is 4.49. The predicted octanol–water partition coefficient (Wildman–Crippen LogP) is 1.76. The van der Waals surface area contributed by atoms with Gasteiger partial charge in [0.2, 0.25) is 0 Å². The maximum atomic E-state index is 11.2. The lowest BCUT2D eigenvalue weighted by Crippen LogP contribution is -2.42. The fourth-order valence-electron chi connectivity index (χ4n) is 2.95. The van der Waals surface area contributed by atoms with Crippen molar-refractivity contribution in [1.82, 2.24) is 4.90 Å². The maximum Gasteiger partial charge on any atom is 0.320 e. The Balaban J connectivity index is 2.05. The topological polar surface area (TPSA) is 75.8 Å². The number of likely N-dealkylation sites (tertiary alicyclic amines) is 1. The number of methoxy groups -OCH3 is 1. The van der Waals surface area contributed by atoms with Gasteiger partial charge in [-0.05, 0) is 50.4 Å². The number of carboxylic acid groups (broad SMARTS) is 1. The smallest absolute Gasteiger partial charge is 0.320 e. The second kappa shape index (κ2) is 6.13. The minimum Gasteiger partial charge on any atom is -0.495 e. The molecule has 0 amide bonds. The Morgan fingerprint density at radius 2 is 2.35 bits per heavy atom. The van der Waals surface area contributed by atoms with Crippen LogP contribution in [0.1, 0.15) is 25.3 Å². The first-order valence-electron chi connectivity index (χ1n) is 6.94. The molecule has 0 bridgehead atoms. The molecule has 1 heterocycles. The lowest BCUT2D eigenvalue weighted by atomic mass is 10.0. The third-order valence-electron chi connectivity index (χ3n) is 3.97. The van der Waals surface area contributed by atoms with Crippen molar-refractivity contribution in [2.75, 3.05) is 19.4 Å². The molecule has 5 heteroatoms. The highest BCUT2D eigenvalue weighted by molar-refractivity contribution is 5.73. The number of ether oxygens (including phenoxy) is 1. The van der Waals surface area contributed by atoms with E-state index in [9.17, 15) is 9.90 Å². The van der Waals surface area contributed by atoms with Crippen LogP contribution in [-0.2, 0) is 11.2 Å². The maximum absolute atomic E-state index is 11.2. The number of benzene rings is 1. The van der Waals surface area contributed by atoms with Crippen LogP contribution in [0.4, 0.5) is 5.69 Å². The SMILES string of the molecule is COc1ccc(CC(C)N2CCCC2C(=O)O)cc1N. The van der Waals surface area contributed by atoms with Crippen molar-refractivity contribution in [3.63, 3.8) is 0 Å². The summed E-state index contributed by atoms with van der Waals surface area (Å²) < 4.78 is 5.14. The van der Waals surface area contributed by atoms with E-state index in [0.717, 1.165) is 31.4 Å². The zero-order valence-electron chi connectivity index (χ0n) is 12.0. The fourth-order valence-corrected chi connectivity index (χ4v) is 2.95. The molecule has 1 saturated heterocycles. The van der Waals surface area contributed by atoms with Gasteiger partial charge in [0.15, 0.2) is 0 Å². The third kappa shape index (κ3) is 3.04. The highest BCUT2D eigenvalue weighted by atomic mass is 16.5. The summed E-state index contributed by atoms with van der Waals surface area (Å²) in [6.45, 7) is 2.92. The van der Waals surface area contributed by atoms with Gasteiger partial charge in [-0.15, -0.1) is 0 Å². The van der Waals surface area contributed by atoms with Crippen LogP contribution in [0, 0.1) is 0 Å². The summed E-state index contributed by atoms with van der Waals surface area (Å²) in [4.78, 5) is 13.3. The molecule has 1 aliphatic rings. The molecule has 0 spiro atoms. The number of nitrogen functional groups attached to an aromatic ring is 1. The predicted molar refractivity (Wildman–Crippen MR) is 77.9 cm³/mol. The number of aliphatic carboxylic acids is 1. The molecule has 1 aromatic carbocycles.